The van der Waals surface area contributed by atoms with Crippen molar-refractivity contribution in [3.63, 3.8) is 0 Å². The third-order valence-corrected chi connectivity index (χ3v) is 10.5. The minimum absolute atomic E-state index is 0.125. The zero-order valence-corrected chi connectivity index (χ0v) is 19.7. The molecule has 1 aliphatic heterocycles. The number of para-hydroxylation sites is 1. The van der Waals surface area contributed by atoms with Crippen LogP contribution >= 0.6 is 0 Å². The van der Waals surface area contributed by atoms with Crippen molar-refractivity contribution < 1.29 is 9.22 Å². The maximum Gasteiger partial charge on any atom is 0.320 e. The van der Waals surface area contributed by atoms with E-state index in [-0.39, 0.29) is 17.1 Å². The van der Waals surface area contributed by atoms with Gasteiger partial charge in [-0.3, -0.25) is 5.32 Å². The minimum Gasteiger partial charge on any atom is -0.542 e. The van der Waals surface area contributed by atoms with Gasteiger partial charge < -0.3 is 14.6 Å². The number of hydrogen-bond donors (Lipinski definition) is 2. The van der Waals surface area contributed by atoms with Crippen LogP contribution in [0.25, 0.3) is 0 Å². The Balaban J connectivity index is 1.46. The van der Waals surface area contributed by atoms with Crippen LogP contribution in [0.5, 0.6) is 5.75 Å². The van der Waals surface area contributed by atoms with Crippen LogP contribution in [0.2, 0.25) is 18.1 Å². The third kappa shape index (κ3) is 5.75. The highest BCUT2D eigenvalue weighted by molar-refractivity contribution is 6.74. The summed E-state index contributed by atoms with van der Waals surface area (Å²) in [6.07, 6.45) is 3.54. The summed E-state index contributed by atoms with van der Waals surface area (Å²) in [6, 6.07) is 14.0. The van der Waals surface area contributed by atoms with Crippen molar-refractivity contribution in [2.45, 2.75) is 57.8 Å². The van der Waals surface area contributed by atoms with Crippen molar-refractivity contribution in [1.82, 2.24) is 10.3 Å². The van der Waals surface area contributed by atoms with Gasteiger partial charge in [0.15, 0.2) is 0 Å². The molecular formula is C23H34N4O2Si. The number of urea groups is 1. The van der Waals surface area contributed by atoms with Crippen LogP contribution < -0.4 is 20.0 Å². The molecule has 2 amide bonds. The van der Waals surface area contributed by atoms with E-state index >= 15 is 0 Å². The van der Waals surface area contributed by atoms with E-state index in [1.165, 1.54) is 5.69 Å². The standard InChI is InChI=1S/C23H34N4O2Si/c1-23(2,3)30(4,5)29-20-11-12-21(24-17-20)26-22(28)25-18-13-15-27(16-14-18)19-9-7-6-8-10-19/h6-12,17-18H,13-16H2,1-5H3,(H2,24,25,26,28). The fourth-order valence-corrected chi connectivity index (χ4v) is 4.24. The van der Waals surface area contributed by atoms with Crippen molar-refractivity contribution in [3.05, 3.63) is 48.7 Å². The Kier molecular flexibility index (Phi) is 6.70. The number of anilines is 2. The lowest BCUT2D eigenvalue weighted by molar-refractivity contribution is 0.246. The first-order chi connectivity index (χ1) is 14.1. The molecule has 1 aromatic carbocycles. The van der Waals surface area contributed by atoms with Crippen LogP contribution in [-0.4, -0.2) is 38.5 Å². The van der Waals surface area contributed by atoms with Gasteiger partial charge in [0.05, 0.1) is 6.20 Å². The van der Waals surface area contributed by atoms with Gasteiger partial charge in [-0.05, 0) is 55.2 Å². The molecule has 162 valence electrons. The number of pyridine rings is 1. The number of piperidine rings is 1. The summed E-state index contributed by atoms with van der Waals surface area (Å²) >= 11 is 0. The Hall–Kier alpha value is -2.54. The highest BCUT2D eigenvalue weighted by atomic mass is 28.4. The number of nitrogens with zero attached hydrogens (tertiary/aromatic N) is 2. The summed E-state index contributed by atoms with van der Waals surface area (Å²) in [6.45, 7) is 12.9. The lowest BCUT2D eigenvalue weighted by Gasteiger charge is -2.36. The fourth-order valence-electron chi connectivity index (χ4n) is 3.22. The molecule has 1 aliphatic rings. The van der Waals surface area contributed by atoms with Crippen LogP contribution in [0, 0.1) is 0 Å². The molecule has 0 saturated carbocycles. The highest BCUT2D eigenvalue weighted by Crippen LogP contribution is 2.37. The molecule has 0 aliphatic carbocycles. The lowest BCUT2D eigenvalue weighted by Crippen LogP contribution is -2.46. The molecule has 2 heterocycles. The average Bonchev–Trinajstić information content (AvgIpc) is 2.70. The van der Waals surface area contributed by atoms with Crippen LogP contribution in [0.4, 0.5) is 16.3 Å². The quantitative estimate of drug-likeness (QED) is 0.640. The largest absolute Gasteiger partial charge is 0.542 e. The second-order valence-corrected chi connectivity index (χ2v) is 14.2. The average molecular weight is 427 g/mol. The molecule has 1 saturated heterocycles. The second kappa shape index (κ2) is 9.08. The molecule has 0 unspecified atom stereocenters. The molecule has 2 aromatic rings. The van der Waals surface area contributed by atoms with Gasteiger partial charge in [-0.2, -0.15) is 0 Å². The first kappa shape index (κ1) is 22.1. The number of amides is 2. The van der Waals surface area contributed by atoms with Gasteiger partial charge in [0, 0.05) is 24.8 Å². The van der Waals surface area contributed by atoms with Crippen LogP contribution in [0.15, 0.2) is 48.7 Å². The molecule has 1 fully saturated rings. The second-order valence-electron chi connectivity index (χ2n) is 9.44. The van der Waals surface area contributed by atoms with Crippen molar-refractivity contribution in [1.29, 1.82) is 0 Å². The van der Waals surface area contributed by atoms with E-state index in [2.05, 4.69) is 78.6 Å². The Bertz CT molecular complexity index is 827. The van der Waals surface area contributed by atoms with Gasteiger partial charge in [0.2, 0.25) is 0 Å². The summed E-state index contributed by atoms with van der Waals surface area (Å²) in [7, 11) is -1.90. The van der Waals surface area contributed by atoms with Crippen molar-refractivity contribution >= 4 is 25.9 Å². The van der Waals surface area contributed by atoms with E-state index in [1.54, 1.807) is 12.3 Å². The Morgan fingerprint density at radius 2 is 1.77 bits per heavy atom. The van der Waals surface area contributed by atoms with Gasteiger partial charge in [-0.25, -0.2) is 9.78 Å². The predicted octanol–water partition coefficient (Wildman–Crippen LogP) is 5.26. The molecule has 0 spiro atoms. The summed E-state index contributed by atoms with van der Waals surface area (Å²) in [5, 5.41) is 6.03. The summed E-state index contributed by atoms with van der Waals surface area (Å²) in [5.74, 6) is 1.28. The molecule has 6 nitrogen and oxygen atoms in total. The van der Waals surface area contributed by atoms with E-state index in [9.17, 15) is 4.79 Å². The number of benzene rings is 1. The Morgan fingerprint density at radius 3 is 2.33 bits per heavy atom. The van der Waals surface area contributed by atoms with E-state index in [1.807, 2.05) is 12.1 Å². The van der Waals surface area contributed by atoms with E-state index in [0.717, 1.165) is 31.7 Å². The first-order valence-corrected chi connectivity index (χ1v) is 13.6. The summed E-state index contributed by atoms with van der Waals surface area (Å²) < 4.78 is 6.24. The van der Waals surface area contributed by atoms with Crippen molar-refractivity contribution in [3.8, 4) is 5.75 Å². The number of carbonyl (C=O) groups excluding carboxylic acids is 1. The topological polar surface area (TPSA) is 66.5 Å². The normalized spacial score (nSPS) is 15.6. The van der Waals surface area contributed by atoms with Gasteiger partial charge in [0.25, 0.3) is 8.32 Å². The van der Waals surface area contributed by atoms with E-state index in [0.29, 0.717) is 5.82 Å². The molecular weight excluding hydrogens is 392 g/mol. The molecule has 3 rings (SSSR count). The lowest BCUT2D eigenvalue weighted by atomic mass is 10.0. The Morgan fingerprint density at radius 1 is 1.10 bits per heavy atom. The number of nitrogens with one attached hydrogen (secondary N) is 2. The number of aromatic nitrogens is 1. The van der Waals surface area contributed by atoms with Crippen molar-refractivity contribution in [2.24, 2.45) is 0 Å². The van der Waals surface area contributed by atoms with E-state index in [4.69, 9.17) is 4.43 Å². The summed E-state index contributed by atoms with van der Waals surface area (Å²) in [4.78, 5) is 19.1. The molecule has 0 bridgehead atoms. The van der Waals surface area contributed by atoms with E-state index < -0.39 is 8.32 Å². The van der Waals surface area contributed by atoms with Gasteiger partial charge in [0.1, 0.15) is 11.6 Å². The Labute approximate surface area is 181 Å². The third-order valence-electron chi connectivity index (χ3n) is 6.11. The predicted molar refractivity (Wildman–Crippen MR) is 126 cm³/mol. The first-order valence-electron chi connectivity index (χ1n) is 10.7. The molecule has 1 aromatic heterocycles. The smallest absolute Gasteiger partial charge is 0.320 e. The van der Waals surface area contributed by atoms with Gasteiger partial charge in [-0.15, -0.1) is 0 Å². The molecule has 0 atom stereocenters. The maximum absolute atomic E-state index is 12.4. The number of rotatable bonds is 5. The zero-order valence-electron chi connectivity index (χ0n) is 18.7. The number of carbonyl (C=O) groups is 1. The molecule has 7 heteroatoms. The number of hydrogen-bond acceptors (Lipinski definition) is 4. The molecule has 30 heavy (non-hydrogen) atoms. The van der Waals surface area contributed by atoms with Gasteiger partial charge >= 0.3 is 6.03 Å². The molecule has 2 N–H and O–H groups in total. The van der Waals surface area contributed by atoms with Crippen molar-refractivity contribution in [2.75, 3.05) is 23.3 Å². The monoisotopic (exact) mass is 426 g/mol. The zero-order chi connectivity index (χ0) is 21.8. The van der Waals surface area contributed by atoms with Crippen LogP contribution in [0.1, 0.15) is 33.6 Å². The summed E-state index contributed by atoms with van der Waals surface area (Å²) in [5.41, 5.74) is 1.24. The minimum atomic E-state index is -1.90. The SMILES string of the molecule is CC(C)(C)[Si](C)(C)Oc1ccc(NC(=O)NC2CCN(c3ccccc3)CC2)nc1. The van der Waals surface area contributed by atoms with Crippen LogP contribution in [0.3, 0.4) is 0 Å². The van der Waals surface area contributed by atoms with Crippen LogP contribution in [-0.2, 0) is 0 Å². The highest BCUT2D eigenvalue weighted by Gasteiger charge is 2.39. The maximum atomic E-state index is 12.4. The molecule has 0 radical (unpaired) electrons. The van der Waals surface area contributed by atoms with Gasteiger partial charge in [-0.1, -0.05) is 39.0 Å². The fraction of sp³-hybridized carbons (Fsp3) is 0.478.